The van der Waals surface area contributed by atoms with Gasteiger partial charge >= 0.3 is 0 Å². The highest BCUT2D eigenvalue weighted by Gasteiger charge is 2.07. The molecule has 2 aromatic carbocycles. The summed E-state index contributed by atoms with van der Waals surface area (Å²) in [7, 11) is 1.57. The smallest absolute Gasteiger partial charge is 0.271 e. The van der Waals surface area contributed by atoms with Gasteiger partial charge in [-0.05, 0) is 36.8 Å². The van der Waals surface area contributed by atoms with Crippen LogP contribution in [0.2, 0.25) is 0 Å². The van der Waals surface area contributed by atoms with Gasteiger partial charge in [-0.1, -0.05) is 6.07 Å². The van der Waals surface area contributed by atoms with Gasteiger partial charge in [0.05, 0.1) is 34.6 Å². The second-order valence-electron chi connectivity index (χ2n) is 5.73. The number of hydrogen-bond donors (Lipinski definition) is 1. The normalized spacial score (nSPS) is 10.8. The van der Waals surface area contributed by atoms with Crippen LogP contribution in [0, 0.1) is 17.0 Å². The van der Waals surface area contributed by atoms with E-state index in [1.54, 1.807) is 48.9 Å². The van der Waals surface area contributed by atoms with E-state index in [4.69, 9.17) is 9.47 Å². The molecule has 0 saturated heterocycles. The molecule has 1 heterocycles. The maximum atomic E-state index is 10.8. The number of nitro groups is 1. The van der Waals surface area contributed by atoms with Gasteiger partial charge in [0.1, 0.15) is 6.61 Å². The first-order chi connectivity index (χ1) is 13.5. The average Bonchev–Trinajstić information content (AvgIpc) is 3.12. The van der Waals surface area contributed by atoms with Crippen LogP contribution in [-0.2, 0) is 6.61 Å². The van der Waals surface area contributed by atoms with Crippen molar-refractivity contribution in [3.8, 4) is 11.5 Å². The number of nitrogens with zero attached hydrogens (tertiary/aromatic N) is 3. The molecule has 9 heteroatoms. The average molecular weight is 398 g/mol. The summed E-state index contributed by atoms with van der Waals surface area (Å²) in [6, 6.07) is 11.5. The summed E-state index contributed by atoms with van der Waals surface area (Å²) in [5, 5.41) is 17.9. The number of nitrogens with one attached hydrogen (secondary N) is 1. The first-order valence-corrected chi connectivity index (χ1v) is 9.18. The van der Waals surface area contributed by atoms with Crippen LogP contribution >= 0.6 is 11.3 Å². The molecule has 3 rings (SSSR count). The second kappa shape index (κ2) is 8.96. The lowest BCUT2D eigenvalue weighted by atomic mass is 10.2. The third-order valence-electron chi connectivity index (χ3n) is 3.69. The highest BCUT2D eigenvalue weighted by Crippen LogP contribution is 2.28. The number of benzene rings is 2. The molecule has 0 aliphatic rings. The Labute approximate surface area is 165 Å². The molecule has 0 bridgehead atoms. The lowest BCUT2D eigenvalue weighted by Crippen LogP contribution is -1.99. The van der Waals surface area contributed by atoms with Gasteiger partial charge in [0.15, 0.2) is 11.5 Å². The first kappa shape index (κ1) is 19.3. The molecule has 0 aliphatic carbocycles. The zero-order chi connectivity index (χ0) is 19.9. The third-order valence-corrected chi connectivity index (χ3v) is 4.52. The van der Waals surface area contributed by atoms with E-state index in [0.717, 1.165) is 16.3 Å². The topological polar surface area (TPSA) is 98.9 Å². The van der Waals surface area contributed by atoms with E-state index in [9.17, 15) is 10.1 Å². The highest BCUT2D eigenvalue weighted by molar-refractivity contribution is 7.09. The number of methoxy groups -OCH3 is 1. The van der Waals surface area contributed by atoms with E-state index in [1.165, 1.54) is 12.1 Å². The molecule has 0 aliphatic heterocycles. The Kier molecular flexibility index (Phi) is 6.18. The van der Waals surface area contributed by atoms with Gasteiger partial charge in [-0.25, -0.2) is 4.98 Å². The minimum absolute atomic E-state index is 0.00123. The standard InChI is InChI=1S/C19H18N4O4S/c1-13-21-16(12-28-13)11-27-18-7-6-14(8-19(18)26-2)10-20-22-15-4-3-5-17(9-15)23(24)25/h3-10,12,22H,11H2,1-2H3/b20-10-. The van der Waals surface area contributed by atoms with E-state index >= 15 is 0 Å². The number of hydrazone groups is 1. The zero-order valence-electron chi connectivity index (χ0n) is 15.3. The molecule has 0 atom stereocenters. The number of rotatable bonds is 8. The summed E-state index contributed by atoms with van der Waals surface area (Å²) in [5.41, 5.74) is 4.95. The molecule has 28 heavy (non-hydrogen) atoms. The number of aromatic nitrogens is 1. The summed E-state index contributed by atoms with van der Waals surface area (Å²) in [5.74, 6) is 1.18. The summed E-state index contributed by atoms with van der Waals surface area (Å²) < 4.78 is 11.2. The Morgan fingerprint density at radius 1 is 1.29 bits per heavy atom. The van der Waals surface area contributed by atoms with Gasteiger partial charge in [0, 0.05) is 17.5 Å². The van der Waals surface area contributed by atoms with Crippen LogP contribution in [-0.4, -0.2) is 23.2 Å². The predicted octanol–water partition coefficient (Wildman–Crippen LogP) is 4.39. The lowest BCUT2D eigenvalue weighted by Gasteiger charge is -2.10. The Morgan fingerprint density at radius 3 is 2.86 bits per heavy atom. The first-order valence-electron chi connectivity index (χ1n) is 8.30. The fraction of sp³-hybridized carbons (Fsp3) is 0.158. The van der Waals surface area contributed by atoms with E-state index in [1.807, 2.05) is 18.4 Å². The monoisotopic (exact) mass is 398 g/mol. The van der Waals surface area contributed by atoms with Crippen molar-refractivity contribution >= 4 is 28.9 Å². The fourth-order valence-corrected chi connectivity index (χ4v) is 2.98. The number of thiazole rings is 1. The lowest BCUT2D eigenvalue weighted by molar-refractivity contribution is -0.384. The van der Waals surface area contributed by atoms with Crippen molar-refractivity contribution in [3.63, 3.8) is 0 Å². The van der Waals surface area contributed by atoms with E-state index in [2.05, 4.69) is 15.5 Å². The molecule has 0 saturated carbocycles. The summed E-state index contributed by atoms with van der Waals surface area (Å²) in [6.45, 7) is 2.31. The van der Waals surface area contributed by atoms with Crippen molar-refractivity contribution in [1.82, 2.24) is 4.98 Å². The van der Waals surface area contributed by atoms with Gasteiger partial charge in [-0.2, -0.15) is 5.10 Å². The summed E-state index contributed by atoms with van der Waals surface area (Å²) in [4.78, 5) is 14.7. The number of aryl methyl sites for hydroxylation is 1. The molecule has 0 unspecified atom stereocenters. The minimum atomic E-state index is -0.453. The van der Waals surface area contributed by atoms with Crippen LogP contribution in [0.5, 0.6) is 11.5 Å². The molecule has 0 fully saturated rings. The molecule has 1 aromatic heterocycles. The van der Waals surface area contributed by atoms with Crippen LogP contribution in [0.1, 0.15) is 16.3 Å². The van der Waals surface area contributed by atoms with Crippen molar-refractivity contribution in [1.29, 1.82) is 0 Å². The molecular weight excluding hydrogens is 380 g/mol. The Hall–Kier alpha value is -3.46. The number of ether oxygens (including phenoxy) is 2. The largest absolute Gasteiger partial charge is 0.493 e. The molecule has 0 amide bonds. The summed E-state index contributed by atoms with van der Waals surface area (Å²) in [6.07, 6.45) is 1.59. The maximum Gasteiger partial charge on any atom is 0.271 e. The van der Waals surface area contributed by atoms with Gasteiger partial charge in [-0.15, -0.1) is 11.3 Å². The maximum absolute atomic E-state index is 10.8. The van der Waals surface area contributed by atoms with Crippen LogP contribution in [0.15, 0.2) is 52.9 Å². The number of hydrogen-bond acceptors (Lipinski definition) is 8. The number of anilines is 1. The van der Waals surface area contributed by atoms with Crippen molar-refractivity contribution < 1.29 is 14.4 Å². The Bertz CT molecular complexity index is 1000. The molecule has 144 valence electrons. The molecule has 0 radical (unpaired) electrons. The van der Waals surface area contributed by atoms with Gasteiger partial charge in [0.25, 0.3) is 5.69 Å². The van der Waals surface area contributed by atoms with Gasteiger partial charge in [0.2, 0.25) is 0 Å². The Balaban J connectivity index is 1.65. The zero-order valence-corrected chi connectivity index (χ0v) is 16.1. The predicted molar refractivity (Wildman–Crippen MR) is 108 cm³/mol. The molecule has 0 spiro atoms. The van der Waals surface area contributed by atoms with E-state index in [0.29, 0.717) is 23.8 Å². The van der Waals surface area contributed by atoms with Crippen molar-refractivity contribution in [2.24, 2.45) is 5.10 Å². The van der Waals surface area contributed by atoms with E-state index in [-0.39, 0.29) is 5.69 Å². The summed E-state index contributed by atoms with van der Waals surface area (Å²) >= 11 is 1.58. The highest BCUT2D eigenvalue weighted by atomic mass is 32.1. The van der Waals surface area contributed by atoms with Crippen LogP contribution in [0.25, 0.3) is 0 Å². The quantitative estimate of drug-likeness (QED) is 0.343. The van der Waals surface area contributed by atoms with Crippen molar-refractivity contribution in [2.75, 3.05) is 12.5 Å². The van der Waals surface area contributed by atoms with Gasteiger partial charge < -0.3 is 9.47 Å². The van der Waals surface area contributed by atoms with Crippen LogP contribution in [0.3, 0.4) is 0 Å². The molecule has 3 aromatic rings. The molecular formula is C19H18N4O4S. The van der Waals surface area contributed by atoms with Gasteiger partial charge in [-0.3, -0.25) is 15.5 Å². The Morgan fingerprint density at radius 2 is 2.14 bits per heavy atom. The number of nitro benzene ring substituents is 1. The fourth-order valence-electron chi connectivity index (χ4n) is 2.38. The van der Waals surface area contributed by atoms with Crippen LogP contribution < -0.4 is 14.9 Å². The molecule has 8 nitrogen and oxygen atoms in total. The SMILES string of the molecule is COc1cc(/C=N\Nc2cccc([N+](=O)[O-])c2)ccc1OCc1csc(C)n1. The van der Waals surface area contributed by atoms with E-state index < -0.39 is 4.92 Å². The van der Waals surface area contributed by atoms with Crippen molar-refractivity contribution in [2.45, 2.75) is 13.5 Å². The third kappa shape index (κ3) is 5.04. The van der Waals surface area contributed by atoms with Crippen LogP contribution in [0.4, 0.5) is 11.4 Å². The molecule has 1 N–H and O–H groups in total. The van der Waals surface area contributed by atoms with Crippen molar-refractivity contribution in [3.05, 3.63) is 74.2 Å². The second-order valence-corrected chi connectivity index (χ2v) is 6.80. The number of non-ortho nitro benzene ring substituents is 1. The minimum Gasteiger partial charge on any atom is -0.493 e.